The van der Waals surface area contributed by atoms with Gasteiger partial charge < -0.3 is 10.1 Å². The Labute approximate surface area is 186 Å². The molecule has 1 heterocycles. The normalized spacial score (nSPS) is 10.8. The number of hydrogen-bond acceptors (Lipinski definition) is 6. The lowest BCUT2D eigenvalue weighted by Gasteiger charge is -2.08. The van der Waals surface area contributed by atoms with Gasteiger partial charge in [-0.15, -0.1) is 0 Å². The molecular formula is C19H15Cl2N3O3S2. The van der Waals surface area contributed by atoms with Gasteiger partial charge >= 0.3 is 5.97 Å². The van der Waals surface area contributed by atoms with Gasteiger partial charge in [0, 0.05) is 5.02 Å². The summed E-state index contributed by atoms with van der Waals surface area (Å²) in [6, 6.07) is 9.65. The standard InChI is InChI=1S/C19H15Cl2N3O3S2/c1-9(2)27-17(26)10-3-6-14-15(7-10)29-19(22-14)24-18(28)23-16(25)12-8-11(20)4-5-13(12)21/h3-9H,1-2H3,(H2,22,23,24,25,28). The molecule has 2 aromatic carbocycles. The van der Waals surface area contributed by atoms with Gasteiger partial charge in [0.2, 0.25) is 0 Å². The highest BCUT2D eigenvalue weighted by molar-refractivity contribution is 7.80. The summed E-state index contributed by atoms with van der Waals surface area (Å²) in [6.07, 6.45) is -0.203. The highest BCUT2D eigenvalue weighted by Gasteiger charge is 2.15. The Bertz CT molecular complexity index is 1120. The molecule has 0 saturated heterocycles. The molecule has 3 rings (SSSR count). The van der Waals surface area contributed by atoms with Crippen molar-refractivity contribution in [3.05, 3.63) is 57.6 Å². The molecule has 29 heavy (non-hydrogen) atoms. The van der Waals surface area contributed by atoms with E-state index in [1.54, 1.807) is 38.1 Å². The number of thiazole rings is 1. The van der Waals surface area contributed by atoms with Crippen molar-refractivity contribution in [3.63, 3.8) is 0 Å². The Balaban J connectivity index is 1.71. The van der Waals surface area contributed by atoms with Gasteiger partial charge in [-0.05, 0) is 62.5 Å². The van der Waals surface area contributed by atoms with Crippen molar-refractivity contribution in [1.82, 2.24) is 10.3 Å². The number of carbonyl (C=O) groups is 2. The highest BCUT2D eigenvalue weighted by Crippen LogP contribution is 2.27. The molecule has 0 aliphatic rings. The second-order valence-electron chi connectivity index (χ2n) is 6.19. The zero-order valence-corrected chi connectivity index (χ0v) is 18.4. The maximum atomic E-state index is 12.3. The van der Waals surface area contributed by atoms with Gasteiger partial charge in [0.05, 0.1) is 32.5 Å². The summed E-state index contributed by atoms with van der Waals surface area (Å²) in [4.78, 5) is 28.8. The molecule has 10 heteroatoms. The van der Waals surface area contributed by atoms with Crippen LogP contribution < -0.4 is 10.6 Å². The fourth-order valence-electron chi connectivity index (χ4n) is 2.36. The van der Waals surface area contributed by atoms with Gasteiger partial charge in [-0.2, -0.15) is 0 Å². The van der Waals surface area contributed by atoms with Crippen LogP contribution in [0.4, 0.5) is 5.13 Å². The third-order valence-electron chi connectivity index (χ3n) is 3.59. The number of nitrogens with one attached hydrogen (secondary N) is 2. The minimum atomic E-state index is -0.491. The monoisotopic (exact) mass is 467 g/mol. The number of thiocarbonyl (C=S) groups is 1. The van der Waals surface area contributed by atoms with Gasteiger partial charge in [0.15, 0.2) is 10.2 Å². The molecule has 0 unspecified atom stereocenters. The van der Waals surface area contributed by atoms with E-state index in [-0.39, 0.29) is 21.8 Å². The molecule has 3 aromatic rings. The number of amides is 1. The fraction of sp³-hybridized carbons (Fsp3) is 0.158. The van der Waals surface area contributed by atoms with Crippen LogP contribution in [0.2, 0.25) is 10.0 Å². The van der Waals surface area contributed by atoms with Gasteiger partial charge in [-0.1, -0.05) is 34.5 Å². The van der Waals surface area contributed by atoms with E-state index >= 15 is 0 Å². The van der Waals surface area contributed by atoms with Crippen molar-refractivity contribution >= 4 is 79.1 Å². The van der Waals surface area contributed by atoms with Crippen LogP contribution >= 0.6 is 46.8 Å². The number of anilines is 1. The second kappa shape index (κ2) is 9.04. The van der Waals surface area contributed by atoms with E-state index in [0.717, 1.165) is 4.70 Å². The number of benzene rings is 2. The summed E-state index contributed by atoms with van der Waals surface area (Å²) in [7, 11) is 0. The SMILES string of the molecule is CC(C)OC(=O)c1ccc2nc(NC(=S)NC(=O)c3cc(Cl)ccc3Cl)sc2c1. The molecule has 0 aliphatic carbocycles. The van der Waals surface area contributed by atoms with E-state index in [1.807, 2.05) is 0 Å². The largest absolute Gasteiger partial charge is 0.459 e. The zero-order valence-electron chi connectivity index (χ0n) is 15.3. The molecule has 0 spiro atoms. The maximum absolute atomic E-state index is 12.3. The van der Waals surface area contributed by atoms with Crippen LogP contribution in [0.25, 0.3) is 10.2 Å². The van der Waals surface area contributed by atoms with E-state index in [1.165, 1.54) is 23.5 Å². The van der Waals surface area contributed by atoms with Gasteiger partial charge in [-0.25, -0.2) is 9.78 Å². The first kappa shape index (κ1) is 21.4. The van der Waals surface area contributed by atoms with Crippen LogP contribution in [0.3, 0.4) is 0 Å². The van der Waals surface area contributed by atoms with E-state index in [9.17, 15) is 9.59 Å². The fourth-order valence-corrected chi connectivity index (χ4v) is 3.90. The second-order valence-corrected chi connectivity index (χ2v) is 8.47. The summed E-state index contributed by atoms with van der Waals surface area (Å²) < 4.78 is 5.98. The summed E-state index contributed by atoms with van der Waals surface area (Å²) in [5, 5.41) is 6.58. The lowest BCUT2D eigenvalue weighted by molar-refractivity contribution is 0.0378. The van der Waals surface area contributed by atoms with E-state index < -0.39 is 11.9 Å². The average Bonchev–Trinajstić information content (AvgIpc) is 3.04. The first-order valence-corrected chi connectivity index (χ1v) is 10.4. The van der Waals surface area contributed by atoms with Gasteiger partial charge in [-0.3, -0.25) is 10.1 Å². The first-order valence-electron chi connectivity index (χ1n) is 8.42. The van der Waals surface area contributed by atoms with Crippen molar-refractivity contribution < 1.29 is 14.3 Å². The van der Waals surface area contributed by atoms with E-state index in [4.69, 9.17) is 40.2 Å². The Morgan fingerprint density at radius 2 is 1.93 bits per heavy atom. The number of aromatic nitrogens is 1. The Morgan fingerprint density at radius 1 is 1.17 bits per heavy atom. The van der Waals surface area contributed by atoms with Crippen LogP contribution in [0.5, 0.6) is 0 Å². The summed E-state index contributed by atoms with van der Waals surface area (Å²) in [5.74, 6) is -0.888. The lowest BCUT2D eigenvalue weighted by atomic mass is 10.2. The Kier molecular flexibility index (Phi) is 6.69. The smallest absolute Gasteiger partial charge is 0.338 e. The van der Waals surface area contributed by atoms with Crippen LogP contribution in [0, 0.1) is 0 Å². The number of rotatable bonds is 4. The predicted octanol–water partition coefficient (Wildman–Crippen LogP) is 5.30. The minimum absolute atomic E-state index is 0.0598. The quantitative estimate of drug-likeness (QED) is 0.400. The maximum Gasteiger partial charge on any atom is 0.338 e. The number of esters is 1. The molecule has 1 amide bonds. The van der Waals surface area contributed by atoms with Crippen molar-refractivity contribution in [2.75, 3.05) is 5.32 Å². The summed E-state index contributed by atoms with van der Waals surface area (Å²) in [6.45, 7) is 3.58. The summed E-state index contributed by atoms with van der Waals surface area (Å²) in [5.41, 5.74) is 1.33. The van der Waals surface area contributed by atoms with Crippen LogP contribution in [0.1, 0.15) is 34.6 Å². The number of halogens is 2. The molecule has 0 saturated carbocycles. The first-order chi connectivity index (χ1) is 13.7. The average molecular weight is 468 g/mol. The van der Waals surface area contributed by atoms with Crippen molar-refractivity contribution in [3.8, 4) is 0 Å². The lowest BCUT2D eigenvalue weighted by Crippen LogP contribution is -2.34. The third-order valence-corrected chi connectivity index (χ3v) is 5.29. The van der Waals surface area contributed by atoms with Gasteiger partial charge in [0.1, 0.15) is 0 Å². The molecule has 2 N–H and O–H groups in total. The van der Waals surface area contributed by atoms with E-state index in [2.05, 4.69) is 15.6 Å². The number of hydrogen-bond donors (Lipinski definition) is 2. The topological polar surface area (TPSA) is 80.3 Å². The van der Waals surface area contributed by atoms with Crippen molar-refractivity contribution in [2.45, 2.75) is 20.0 Å². The molecule has 0 radical (unpaired) electrons. The zero-order chi connectivity index (χ0) is 21.1. The van der Waals surface area contributed by atoms with Crippen LogP contribution in [-0.4, -0.2) is 28.1 Å². The van der Waals surface area contributed by atoms with Gasteiger partial charge in [0.25, 0.3) is 5.91 Å². The molecule has 0 atom stereocenters. The molecule has 1 aromatic heterocycles. The molecule has 0 fully saturated rings. The number of nitrogens with zero attached hydrogens (tertiary/aromatic N) is 1. The molecular weight excluding hydrogens is 453 g/mol. The highest BCUT2D eigenvalue weighted by atomic mass is 35.5. The van der Waals surface area contributed by atoms with Crippen LogP contribution in [0.15, 0.2) is 36.4 Å². The molecule has 6 nitrogen and oxygen atoms in total. The summed E-state index contributed by atoms with van der Waals surface area (Å²) >= 11 is 18.4. The Hall–Kier alpha value is -2.26. The third kappa shape index (κ3) is 5.42. The number of carbonyl (C=O) groups excluding carboxylic acids is 2. The van der Waals surface area contributed by atoms with Crippen LogP contribution in [-0.2, 0) is 4.74 Å². The predicted molar refractivity (Wildman–Crippen MR) is 120 cm³/mol. The minimum Gasteiger partial charge on any atom is -0.459 e. The molecule has 0 bridgehead atoms. The molecule has 0 aliphatic heterocycles. The van der Waals surface area contributed by atoms with Crippen molar-refractivity contribution in [1.29, 1.82) is 0 Å². The molecule has 150 valence electrons. The van der Waals surface area contributed by atoms with Crippen molar-refractivity contribution in [2.24, 2.45) is 0 Å². The van der Waals surface area contributed by atoms with E-state index in [0.29, 0.717) is 21.2 Å². The number of ether oxygens (including phenoxy) is 1. The number of fused-ring (bicyclic) bond motifs is 1. The Morgan fingerprint density at radius 3 is 2.66 bits per heavy atom.